The van der Waals surface area contributed by atoms with Crippen LogP contribution in [0.4, 0.5) is 11.4 Å². The molecular formula is C30H21N3O3S. The first kappa shape index (κ1) is 22.8. The number of benzene rings is 5. The maximum Gasteiger partial charge on any atom is 0.277 e. The van der Waals surface area contributed by atoms with E-state index in [9.17, 15) is 9.90 Å². The zero-order valence-corrected chi connectivity index (χ0v) is 20.4. The van der Waals surface area contributed by atoms with Gasteiger partial charge >= 0.3 is 0 Å². The van der Waals surface area contributed by atoms with Crippen LogP contribution in [0.15, 0.2) is 119 Å². The standard InChI is InChI=1S/C30H21N3O3S/c34-27-18-23-11-7-6-10-22(23)17-26(27)29-31-32-30(36-29)37-19-28(35)33(24-12-2-1-3-13-24)25-15-14-20-8-4-5-9-21(20)16-25/h1-18,34H,19H2. The predicted octanol–water partition coefficient (Wildman–Crippen LogP) is 7.21. The number of phenolic OH excluding ortho intramolecular Hbond substituents is 1. The van der Waals surface area contributed by atoms with Crippen molar-refractivity contribution in [3.63, 3.8) is 0 Å². The van der Waals surface area contributed by atoms with E-state index in [4.69, 9.17) is 4.42 Å². The van der Waals surface area contributed by atoms with Crippen LogP contribution in [0.5, 0.6) is 5.75 Å². The van der Waals surface area contributed by atoms with E-state index in [2.05, 4.69) is 10.2 Å². The Hall–Kier alpha value is -4.62. The number of anilines is 2. The first-order valence-corrected chi connectivity index (χ1v) is 12.7. The molecule has 37 heavy (non-hydrogen) atoms. The fraction of sp³-hybridized carbons (Fsp3) is 0.0333. The molecule has 0 saturated heterocycles. The van der Waals surface area contributed by atoms with E-state index in [0.29, 0.717) is 5.56 Å². The Morgan fingerprint density at radius 1 is 0.730 bits per heavy atom. The van der Waals surface area contributed by atoms with Gasteiger partial charge in [-0.15, -0.1) is 10.2 Å². The lowest BCUT2D eigenvalue weighted by molar-refractivity contribution is -0.115. The zero-order valence-electron chi connectivity index (χ0n) is 19.6. The van der Waals surface area contributed by atoms with Crippen LogP contribution in [-0.2, 0) is 4.79 Å². The largest absolute Gasteiger partial charge is 0.507 e. The number of aromatic nitrogens is 2. The summed E-state index contributed by atoms with van der Waals surface area (Å²) < 4.78 is 5.81. The normalized spacial score (nSPS) is 11.1. The fourth-order valence-corrected chi connectivity index (χ4v) is 4.91. The Labute approximate surface area is 217 Å². The molecule has 0 unspecified atom stereocenters. The van der Waals surface area contributed by atoms with Crippen molar-refractivity contribution in [3.8, 4) is 17.2 Å². The van der Waals surface area contributed by atoms with Crippen molar-refractivity contribution in [1.29, 1.82) is 0 Å². The molecule has 0 spiro atoms. The molecule has 5 aromatic carbocycles. The monoisotopic (exact) mass is 503 g/mol. The minimum atomic E-state index is -0.125. The summed E-state index contributed by atoms with van der Waals surface area (Å²) in [7, 11) is 0. The molecule has 0 atom stereocenters. The van der Waals surface area contributed by atoms with Crippen LogP contribution < -0.4 is 4.90 Å². The molecule has 6 nitrogen and oxygen atoms in total. The maximum absolute atomic E-state index is 13.5. The van der Waals surface area contributed by atoms with Gasteiger partial charge in [0, 0.05) is 11.4 Å². The number of nitrogens with zero attached hydrogens (tertiary/aromatic N) is 3. The first-order chi connectivity index (χ1) is 18.2. The number of phenols is 1. The number of rotatable bonds is 6. The van der Waals surface area contributed by atoms with Crippen molar-refractivity contribution in [2.24, 2.45) is 0 Å². The smallest absolute Gasteiger partial charge is 0.277 e. The van der Waals surface area contributed by atoms with Crippen LogP contribution in [0.25, 0.3) is 33.0 Å². The van der Waals surface area contributed by atoms with E-state index in [-0.39, 0.29) is 28.5 Å². The Bertz CT molecular complexity index is 1730. The van der Waals surface area contributed by atoms with Crippen LogP contribution in [0, 0.1) is 0 Å². The summed E-state index contributed by atoms with van der Waals surface area (Å²) >= 11 is 1.16. The van der Waals surface area contributed by atoms with E-state index in [1.54, 1.807) is 11.0 Å². The molecule has 0 aliphatic carbocycles. The summed E-state index contributed by atoms with van der Waals surface area (Å²) in [6.07, 6.45) is 0. The first-order valence-electron chi connectivity index (χ1n) is 11.7. The number of carbonyl (C=O) groups is 1. The molecule has 0 bridgehead atoms. The van der Waals surface area contributed by atoms with Crippen molar-refractivity contribution >= 4 is 50.6 Å². The molecule has 0 fully saturated rings. The van der Waals surface area contributed by atoms with Crippen molar-refractivity contribution in [1.82, 2.24) is 10.2 Å². The van der Waals surface area contributed by atoms with E-state index in [1.165, 1.54) is 0 Å². The summed E-state index contributed by atoms with van der Waals surface area (Å²) in [6, 6.07) is 34.8. The van der Waals surface area contributed by atoms with E-state index in [1.807, 2.05) is 103 Å². The molecule has 6 aromatic rings. The molecule has 0 aliphatic heterocycles. The van der Waals surface area contributed by atoms with Crippen LogP contribution in [0.1, 0.15) is 0 Å². The third-order valence-corrected chi connectivity index (χ3v) is 6.88. The van der Waals surface area contributed by atoms with Gasteiger partial charge in [-0.05, 0) is 57.9 Å². The molecular weight excluding hydrogens is 482 g/mol. The quantitative estimate of drug-likeness (QED) is 0.242. The van der Waals surface area contributed by atoms with Gasteiger partial charge in [-0.2, -0.15) is 0 Å². The van der Waals surface area contributed by atoms with Crippen molar-refractivity contribution < 1.29 is 14.3 Å². The fourth-order valence-electron chi connectivity index (χ4n) is 4.29. The summed E-state index contributed by atoms with van der Waals surface area (Å²) in [4.78, 5) is 15.2. The van der Waals surface area contributed by atoms with Crippen molar-refractivity contribution in [3.05, 3.63) is 109 Å². The number of carbonyl (C=O) groups excluding carboxylic acids is 1. The molecule has 1 amide bonds. The molecule has 1 aromatic heterocycles. The lowest BCUT2D eigenvalue weighted by atomic mass is 10.1. The minimum Gasteiger partial charge on any atom is -0.507 e. The Morgan fingerprint density at radius 2 is 1.38 bits per heavy atom. The maximum atomic E-state index is 13.5. The number of thioether (sulfide) groups is 1. The number of para-hydroxylation sites is 1. The van der Waals surface area contributed by atoms with E-state index in [0.717, 1.165) is 44.7 Å². The van der Waals surface area contributed by atoms with Gasteiger partial charge in [0.25, 0.3) is 11.1 Å². The van der Waals surface area contributed by atoms with Gasteiger partial charge in [-0.25, -0.2) is 0 Å². The number of amides is 1. The zero-order chi connectivity index (χ0) is 25.2. The van der Waals surface area contributed by atoms with Gasteiger partial charge in [0.1, 0.15) is 5.75 Å². The lowest BCUT2D eigenvalue weighted by Crippen LogP contribution is -2.27. The van der Waals surface area contributed by atoms with Crippen LogP contribution in [-0.4, -0.2) is 27.0 Å². The van der Waals surface area contributed by atoms with Crippen molar-refractivity contribution in [2.75, 3.05) is 10.7 Å². The molecule has 1 N–H and O–H groups in total. The highest BCUT2D eigenvalue weighted by Crippen LogP contribution is 2.34. The molecule has 1 heterocycles. The number of hydrogen-bond acceptors (Lipinski definition) is 6. The second-order valence-corrected chi connectivity index (χ2v) is 9.40. The van der Waals surface area contributed by atoms with Gasteiger partial charge in [0.05, 0.1) is 11.3 Å². The van der Waals surface area contributed by atoms with Crippen LogP contribution in [0.2, 0.25) is 0 Å². The SMILES string of the molecule is O=C(CSc1nnc(-c2cc3ccccc3cc2O)o1)N(c1ccccc1)c1ccc2ccccc2c1. The second-order valence-electron chi connectivity index (χ2n) is 8.47. The molecule has 6 rings (SSSR count). The topological polar surface area (TPSA) is 79.5 Å². The van der Waals surface area contributed by atoms with Gasteiger partial charge in [0.15, 0.2) is 0 Å². The predicted molar refractivity (Wildman–Crippen MR) is 147 cm³/mol. The highest BCUT2D eigenvalue weighted by Gasteiger charge is 2.21. The molecule has 0 saturated carbocycles. The van der Waals surface area contributed by atoms with Gasteiger partial charge in [-0.3, -0.25) is 9.69 Å². The molecule has 7 heteroatoms. The highest BCUT2D eigenvalue weighted by atomic mass is 32.2. The highest BCUT2D eigenvalue weighted by molar-refractivity contribution is 7.99. The minimum absolute atomic E-state index is 0.0570. The van der Waals surface area contributed by atoms with E-state index >= 15 is 0 Å². The van der Waals surface area contributed by atoms with Crippen LogP contribution in [0.3, 0.4) is 0 Å². The average Bonchev–Trinajstić information content (AvgIpc) is 3.41. The van der Waals surface area contributed by atoms with Gasteiger partial charge < -0.3 is 9.52 Å². The average molecular weight is 504 g/mol. The summed E-state index contributed by atoms with van der Waals surface area (Å²) in [5, 5.41) is 23.0. The van der Waals surface area contributed by atoms with Crippen LogP contribution >= 0.6 is 11.8 Å². The summed E-state index contributed by atoms with van der Waals surface area (Å²) in [5.74, 6) is 0.224. The Kier molecular flexibility index (Phi) is 6.04. The number of fused-ring (bicyclic) bond motifs is 2. The van der Waals surface area contributed by atoms with Gasteiger partial charge in [-0.1, -0.05) is 84.6 Å². The Balaban J connectivity index is 1.25. The summed E-state index contributed by atoms with van der Waals surface area (Å²) in [6.45, 7) is 0. The summed E-state index contributed by atoms with van der Waals surface area (Å²) in [5.41, 5.74) is 2.00. The number of aromatic hydroxyl groups is 1. The molecule has 0 radical (unpaired) electrons. The second kappa shape index (κ2) is 9.79. The van der Waals surface area contributed by atoms with E-state index < -0.39 is 0 Å². The molecule has 180 valence electrons. The lowest BCUT2D eigenvalue weighted by Gasteiger charge is -2.23. The third-order valence-electron chi connectivity index (χ3n) is 6.08. The Morgan fingerprint density at radius 3 is 2.14 bits per heavy atom. The van der Waals surface area contributed by atoms with Crippen molar-refractivity contribution in [2.45, 2.75) is 5.22 Å². The van der Waals surface area contributed by atoms with Gasteiger partial charge in [0.2, 0.25) is 5.91 Å². The number of hydrogen-bond donors (Lipinski definition) is 1. The molecule has 0 aliphatic rings. The third kappa shape index (κ3) is 4.64.